The van der Waals surface area contributed by atoms with E-state index >= 15 is 0 Å². The fraction of sp³-hybridized carbons (Fsp3) is 0.353. The number of halogens is 1. The maximum atomic E-state index is 12.5. The first-order valence-corrected chi connectivity index (χ1v) is 8.34. The number of piperazine rings is 1. The summed E-state index contributed by atoms with van der Waals surface area (Å²) >= 11 is 6.10. The van der Waals surface area contributed by atoms with Crippen LogP contribution in [0, 0.1) is 0 Å². The molecule has 1 saturated heterocycles. The summed E-state index contributed by atoms with van der Waals surface area (Å²) in [6.45, 7) is 5.09. The summed E-state index contributed by atoms with van der Waals surface area (Å²) in [6, 6.07) is 8.84. The normalized spacial score (nSPS) is 16.7. The predicted octanol–water partition coefficient (Wildman–Crippen LogP) is 2.28. The molecule has 7 heteroatoms. The third-order valence-corrected chi connectivity index (χ3v) is 4.54. The van der Waals surface area contributed by atoms with Crippen molar-refractivity contribution >= 4 is 29.1 Å². The lowest BCUT2D eigenvalue weighted by Crippen LogP contribution is -2.53. The van der Waals surface area contributed by atoms with Gasteiger partial charge in [0, 0.05) is 38.6 Å². The lowest BCUT2D eigenvalue weighted by molar-refractivity contribution is -0.120. The summed E-state index contributed by atoms with van der Waals surface area (Å²) in [5.41, 5.74) is 0.646. The molecule has 1 aliphatic rings. The smallest absolute Gasteiger partial charge is 0.241 e. The fourth-order valence-electron chi connectivity index (χ4n) is 2.73. The van der Waals surface area contributed by atoms with Crippen LogP contribution >= 0.6 is 11.6 Å². The molecule has 2 heterocycles. The van der Waals surface area contributed by atoms with Crippen LogP contribution in [-0.4, -0.2) is 53.0 Å². The van der Waals surface area contributed by atoms with Gasteiger partial charge in [-0.1, -0.05) is 23.7 Å². The Labute approximate surface area is 146 Å². The third kappa shape index (κ3) is 3.83. The molecule has 1 unspecified atom stereocenters. The van der Waals surface area contributed by atoms with Crippen LogP contribution in [0.15, 0.2) is 42.7 Å². The van der Waals surface area contributed by atoms with E-state index in [1.807, 2.05) is 19.1 Å². The molecular formula is C17H20ClN5O. The number of nitrogens with zero attached hydrogens (tertiary/aromatic N) is 4. The van der Waals surface area contributed by atoms with Crippen molar-refractivity contribution in [2.75, 3.05) is 36.4 Å². The summed E-state index contributed by atoms with van der Waals surface area (Å²) < 4.78 is 0. The van der Waals surface area contributed by atoms with Crippen molar-refractivity contribution in [2.24, 2.45) is 0 Å². The zero-order chi connectivity index (χ0) is 16.9. The van der Waals surface area contributed by atoms with Crippen molar-refractivity contribution in [2.45, 2.75) is 13.0 Å². The molecule has 0 saturated carbocycles. The number of rotatable bonds is 4. The highest BCUT2D eigenvalue weighted by atomic mass is 35.5. The van der Waals surface area contributed by atoms with Crippen molar-refractivity contribution in [1.82, 2.24) is 14.9 Å². The Balaban J connectivity index is 1.56. The number of carbonyl (C=O) groups excluding carboxylic acids is 1. The summed E-state index contributed by atoms with van der Waals surface area (Å²) in [5, 5.41) is 3.44. The lowest BCUT2D eigenvalue weighted by atomic mass is 10.2. The molecule has 2 aromatic rings. The SMILES string of the molecule is CC(C(=O)Nc1ccccc1Cl)N1CCN(c2ncccn2)CC1. The van der Waals surface area contributed by atoms with Gasteiger partial charge in [-0.3, -0.25) is 9.69 Å². The summed E-state index contributed by atoms with van der Waals surface area (Å²) in [4.78, 5) is 25.3. The second-order valence-corrected chi connectivity index (χ2v) is 6.12. The minimum absolute atomic E-state index is 0.0486. The first kappa shape index (κ1) is 16.7. The van der Waals surface area contributed by atoms with E-state index in [2.05, 4.69) is 25.1 Å². The molecule has 1 aliphatic heterocycles. The maximum absolute atomic E-state index is 12.5. The first-order chi connectivity index (χ1) is 11.6. The zero-order valence-corrected chi connectivity index (χ0v) is 14.3. The Bertz CT molecular complexity index is 688. The van der Waals surface area contributed by atoms with Gasteiger partial charge in [-0.2, -0.15) is 0 Å². The standard InChI is InChI=1S/C17H20ClN5O/c1-13(16(24)21-15-6-3-2-5-14(15)18)22-9-11-23(12-10-22)17-19-7-4-8-20-17/h2-8,13H,9-12H2,1H3,(H,21,24). The van der Waals surface area contributed by atoms with E-state index in [1.54, 1.807) is 30.6 Å². The number of benzene rings is 1. The van der Waals surface area contributed by atoms with Gasteiger partial charge in [0.2, 0.25) is 11.9 Å². The summed E-state index contributed by atoms with van der Waals surface area (Å²) in [6.07, 6.45) is 3.49. The number of anilines is 2. The summed E-state index contributed by atoms with van der Waals surface area (Å²) in [7, 11) is 0. The Morgan fingerprint density at radius 1 is 1.12 bits per heavy atom. The number of hydrogen-bond acceptors (Lipinski definition) is 5. The number of carbonyl (C=O) groups is 1. The topological polar surface area (TPSA) is 61.4 Å². The predicted molar refractivity (Wildman–Crippen MR) is 95.4 cm³/mol. The van der Waals surface area contributed by atoms with Gasteiger partial charge >= 0.3 is 0 Å². The van der Waals surface area contributed by atoms with E-state index in [0.29, 0.717) is 10.7 Å². The van der Waals surface area contributed by atoms with Gasteiger partial charge < -0.3 is 10.2 Å². The van der Waals surface area contributed by atoms with Crippen LogP contribution in [-0.2, 0) is 4.79 Å². The van der Waals surface area contributed by atoms with Crippen LogP contribution in [0.3, 0.4) is 0 Å². The number of nitrogens with one attached hydrogen (secondary N) is 1. The van der Waals surface area contributed by atoms with Crippen molar-refractivity contribution in [3.8, 4) is 0 Å². The van der Waals surface area contributed by atoms with Crippen LogP contribution in [0.25, 0.3) is 0 Å². The Kier molecular flexibility index (Phi) is 5.27. The third-order valence-electron chi connectivity index (χ3n) is 4.21. The van der Waals surface area contributed by atoms with E-state index in [0.717, 1.165) is 32.1 Å². The number of amides is 1. The van der Waals surface area contributed by atoms with E-state index in [-0.39, 0.29) is 11.9 Å². The zero-order valence-electron chi connectivity index (χ0n) is 13.5. The molecule has 126 valence electrons. The minimum atomic E-state index is -0.222. The molecule has 1 N–H and O–H groups in total. The van der Waals surface area contributed by atoms with Gasteiger partial charge in [0.1, 0.15) is 0 Å². The fourth-order valence-corrected chi connectivity index (χ4v) is 2.91. The first-order valence-electron chi connectivity index (χ1n) is 7.96. The minimum Gasteiger partial charge on any atom is -0.338 e. The van der Waals surface area contributed by atoms with Crippen LogP contribution in [0.5, 0.6) is 0 Å². The van der Waals surface area contributed by atoms with Gasteiger partial charge in [0.15, 0.2) is 0 Å². The monoisotopic (exact) mass is 345 g/mol. The van der Waals surface area contributed by atoms with Crippen molar-refractivity contribution < 1.29 is 4.79 Å². The van der Waals surface area contributed by atoms with Crippen molar-refractivity contribution in [3.63, 3.8) is 0 Å². The maximum Gasteiger partial charge on any atom is 0.241 e. The molecule has 0 bridgehead atoms. The van der Waals surface area contributed by atoms with Gasteiger partial charge in [0.05, 0.1) is 16.8 Å². The molecule has 1 aromatic heterocycles. The Hall–Kier alpha value is -2.18. The molecule has 0 aliphatic carbocycles. The molecule has 0 radical (unpaired) electrons. The molecular weight excluding hydrogens is 326 g/mol. The average molecular weight is 346 g/mol. The van der Waals surface area contributed by atoms with Gasteiger partial charge in [-0.15, -0.1) is 0 Å². The van der Waals surface area contributed by atoms with E-state index in [1.165, 1.54) is 0 Å². The highest BCUT2D eigenvalue weighted by Gasteiger charge is 2.26. The van der Waals surface area contributed by atoms with E-state index in [9.17, 15) is 4.79 Å². The number of para-hydroxylation sites is 1. The lowest BCUT2D eigenvalue weighted by Gasteiger charge is -2.37. The van der Waals surface area contributed by atoms with Crippen molar-refractivity contribution in [3.05, 3.63) is 47.7 Å². The average Bonchev–Trinajstić information content (AvgIpc) is 2.64. The molecule has 0 spiro atoms. The highest BCUT2D eigenvalue weighted by Crippen LogP contribution is 2.21. The molecule has 1 atom stereocenters. The molecule has 24 heavy (non-hydrogen) atoms. The van der Waals surface area contributed by atoms with E-state index < -0.39 is 0 Å². The van der Waals surface area contributed by atoms with Crippen molar-refractivity contribution in [1.29, 1.82) is 0 Å². The van der Waals surface area contributed by atoms with Crippen LogP contribution in [0.1, 0.15) is 6.92 Å². The van der Waals surface area contributed by atoms with Gasteiger partial charge in [0.25, 0.3) is 0 Å². The molecule has 1 amide bonds. The van der Waals surface area contributed by atoms with Crippen LogP contribution in [0.2, 0.25) is 5.02 Å². The molecule has 1 aromatic carbocycles. The Morgan fingerprint density at radius 2 is 1.79 bits per heavy atom. The van der Waals surface area contributed by atoms with Crippen LogP contribution in [0.4, 0.5) is 11.6 Å². The largest absolute Gasteiger partial charge is 0.338 e. The highest BCUT2D eigenvalue weighted by molar-refractivity contribution is 6.33. The quantitative estimate of drug-likeness (QED) is 0.921. The molecule has 1 fully saturated rings. The van der Waals surface area contributed by atoms with Crippen LogP contribution < -0.4 is 10.2 Å². The second kappa shape index (κ2) is 7.59. The number of hydrogen-bond donors (Lipinski definition) is 1. The second-order valence-electron chi connectivity index (χ2n) is 5.72. The van der Waals surface area contributed by atoms with E-state index in [4.69, 9.17) is 11.6 Å². The van der Waals surface area contributed by atoms with Gasteiger partial charge in [-0.05, 0) is 25.1 Å². The molecule has 3 rings (SSSR count). The van der Waals surface area contributed by atoms with Gasteiger partial charge in [-0.25, -0.2) is 9.97 Å². The number of aromatic nitrogens is 2. The Morgan fingerprint density at radius 3 is 2.46 bits per heavy atom. The molecule has 6 nitrogen and oxygen atoms in total. The summed E-state index contributed by atoms with van der Waals surface area (Å²) in [5.74, 6) is 0.692.